The molecule has 0 atom stereocenters. The number of aliphatic hydroxyl groups excluding tert-OH is 2. The Labute approximate surface area is 156 Å². The van der Waals surface area contributed by atoms with E-state index in [1.807, 2.05) is 0 Å². The lowest BCUT2D eigenvalue weighted by molar-refractivity contribution is -0.134. The van der Waals surface area contributed by atoms with Crippen LogP contribution in [0.5, 0.6) is 11.5 Å². The average molecular weight is 390 g/mol. The predicted molar refractivity (Wildman–Crippen MR) is 94.0 cm³/mol. The van der Waals surface area contributed by atoms with Gasteiger partial charge in [0.1, 0.15) is 34.2 Å². The Morgan fingerprint density at radius 3 is 1.54 bits per heavy atom. The molecule has 0 aromatic heterocycles. The number of allylic oxidation sites excluding steroid dienone is 3. The summed E-state index contributed by atoms with van der Waals surface area (Å²) in [5.41, 5.74) is -1.43. The standard InChI is InChI=1S/C9H8O5.C9H6O5/c2*1-4(10)5-2-8(12)6(9(13)14)3-7(5)11/h2-3,10-12H,1H2,(H,13,14);2-3,10H,1H2,(H,13,14). The molecule has 10 nitrogen and oxygen atoms in total. The van der Waals surface area contributed by atoms with E-state index in [2.05, 4.69) is 13.2 Å². The second kappa shape index (κ2) is 8.36. The number of aromatic hydroxyl groups is 2. The number of hydrogen-bond acceptors (Lipinski definition) is 8. The van der Waals surface area contributed by atoms with Crippen LogP contribution >= 0.6 is 0 Å². The number of ketones is 2. The minimum absolute atomic E-state index is 0.104. The van der Waals surface area contributed by atoms with E-state index < -0.39 is 57.7 Å². The topological polar surface area (TPSA) is 190 Å². The van der Waals surface area contributed by atoms with Crippen molar-refractivity contribution in [2.75, 3.05) is 0 Å². The van der Waals surface area contributed by atoms with Crippen LogP contribution in [0.2, 0.25) is 0 Å². The zero-order valence-corrected chi connectivity index (χ0v) is 14.0. The van der Waals surface area contributed by atoms with E-state index in [4.69, 9.17) is 20.4 Å². The van der Waals surface area contributed by atoms with Crippen molar-refractivity contribution in [3.8, 4) is 11.5 Å². The highest BCUT2D eigenvalue weighted by Crippen LogP contribution is 2.30. The fourth-order valence-electron chi connectivity index (χ4n) is 1.93. The summed E-state index contributed by atoms with van der Waals surface area (Å²) in [6, 6.07) is 1.77. The number of phenolic OH excluding ortho intramolecular Hbond substituents is 1. The number of carbonyl (C=O) groups is 4. The van der Waals surface area contributed by atoms with Crippen molar-refractivity contribution in [3.63, 3.8) is 0 Å². The van der Waals surface area contributed by atoms with Gasteiger partial charge in [-0.2, -0.15) is 0 Å². The molecular weight excluding hydrogens is 376 g/mol. The smallest absolute Gasteiger partial charge is 0.339 e. The van der Waals surface area contributed by atoms with Crippen LogP contribution in [0.25, 0.3) is 5.76 Å². The van der Waals surface area contributed by atoms with E-state index >= 15 is 0 Å². The first-order chi connectivity index (χ1) is 12.9. The van der Waals surface area contributed by atoms with E-state index in [9.17, 15) is 29.4 Å². The average Bonchev–Trinajstić information content (AvgIpc) is 2.57. The van der Waals surface area contributed by atoms with Gasteiger partial charge in [0, 0.05) is 12.2 Å². The lowest BCUT2D eigenvalue weighted by Crippen LogP contribution is -2.19. The van der Waals surface area contributed by atoms with Gasteiger partial charge in [0.05, 0.1) is 11.1 Å². The lowest BCUT2D eigenvalue weighted by Gasteiger charge is -2.07. The summed E-state index contributed by atoms with van der Waals surface area (Å²) < 4.78 is 0. The quantitative estimate of drug-likeness (QED) is 0.190. The van der Waals surface area contributed by atoms with Gasteiger partial charge in [-0.25, -0.2) is 9.59 Å². The number of carboxylic acid groups (broad SMARTS) is 2. The highest BCUT2D eigenvalue weighted by Gasteiger charge is 2.25. The van der Waals surface area contributed by atoms with Crippen LogP contribution in [-0.2, 0) is 14.4 Å². The third-order valence-electron chi connectivity index (χ3n) is 3.28. The number of phenols is 2. The zero-order valence-electron chi connectivity index (χ0n) is 14.0. The fourth-order valence-corrected chi connectivity index (χ4v) is 1.93. The fraction of sp³-hybridized carbons (Fsp3) is 0. The van der Waals surface area contributed by atoms with Crippen LogP contribution in [0.4, 0.5) is 0 Å². The number of hydrogen-bond donors (Lipinski definition) is 6. The van der Waals surface area contributed by atoms with Gasteiger partial charge in [0.15, 0.2) is 11.6 Å². The molecule has 0 saturated carbocycles. The molecule has 0 aliphatic heterocycles. The molecule has 0 heterocycles. The summed E-state index contributed by atoms with van der Waals surface area (Å²) in [6.07, 6.45) is 1.43. The van der Waals surface area contributed by atoms with Gasteiger partial charge in [-0.3, -0.25) is 9.59 Å². The van der Waals surface area contributed by atoms with Crippen molar-refractivity contribution < 1.29 is 49.8 Å². The molecule has 146 valence electrons. The molecule has 0 saturated heterocycles. The van der Waals surface area contributed by atoms with Crippen LogP contribution in [0, 0.1) is 0 Å². The third-order valence-corrected chi connectivity index (χ3v) is 3.28. The highest BCUT2D eigenvalue weighted by molar-refractivity contribution is 6.30. The van der Waals surface area contributed by atoms with Gasteiger partial charge in [0.25, 0.3) is 0 Å². The SMILES string of the molecule is C=C(O)C1=CC(=O)C(C(=O)O)=CC1=O.C=C(O)c1cc(O)c(C(=O)O)cc1O. The Morgan fingerprint density at radius 2 is 1.11 bits per heavy atom. The Morgan fingerprint density at radius 1 is 0.679 bits per heavy atom. The van der Waals surface area contributed by atoms with E-state index in [0.717, 1.165) is 18.2 Å². The van der Waals surface area contributed by atoms with Gasteiger partial charge >= 0.3 is 11.9 Å². The molecule has 2 rings (SSSR count). The first kappa shape index (κ1) is 21.7. The van der Waals surface area contributed by atoms with Gasteiger partial charge in [-0.1, -0.05) is 13.2 Å². The van der Waals surface area contributed by atoms with Crippen molar-refractivity contribution >= 4 is 29.3 Å². The molecule has 0 unspecified atom stereocenters. The molecular formula is C18H14O10. The number of rotatable bonds is 4. The van der Waals surface area contributed by atoms with Gasteiger partial charge in [-0.05, 0) is 12.1 Å². The molecule has 0 fully saturated rings. The molecule has 10 heteroatoms. The number of aliphatic hydroxyl groups is 2. The van der Waals surface area contributed by atoms with Crippen LogP contribution in [0.15, 0.2) is 54.3 Å². The first-order valence-electron chi connectivity index (χ1n) is 7.17. The van der Waals surface area contributed by atoms with E-state index in [1.54, 1.807) is 0 Å². The minimum atomic E-state index is -1.47. The Kier molecular flexibility index (Phi) is 6.48. The molecule has 6 N–H and O–H groups in total. The molecule has 1 aliphatic carbocycles. The molecule has 1 aromatic rings. The summed E-state index contributed by atoms with van der Waals surface area (Å²) in [4.78, 5) is 43.1. The number of carboxylic acids is 2. The molecule has 0 bridgehead atoms. The molecule has 0 radical (unpaired) electrons. The second-order valence-electron chi connectivity index (χ2n) is 5.23. The van der Waals surface area contributed by atoms with E-state index in [-0.39, 0.29) is 11.1 Å². The normalized spacial score (nSPS) is 12.9. The van der Waals surface area contributed by atoms with Crippen LogP contribution in [0.3, 0.4) is 0 Å². The van der Waals surface area contributed by atoms with Crippen molar-refractivity contribution in [2.45, 2.75) is 0 Å². The molecule has 0 amide bonds. The van der Waals surface area contributed by atoms with Gasteiger partial charge in [0.2, 0.25) is 0 Å². The van der Waals surface area contributed by atoms with Gasteiger partial charge in [-0.15, -0.1) is 0 Å². The summed E-state index contributed by atoms with van der Waals surface area (Å²) >= 11 is 0. The van der Waals surface area contributed by atoms with Crippen molar-refractivity contribution in [1.82, 2.24) is 0 Å². The number of carbonyl (C=O) groups excluding carboxylic acids is 2. The van der Waals surface area contributed by atoms with Crippen molar-refractivity contribution in [3.05, 3.63) is 65.5 Å². The monoisotopic (exact) mass is 390 g/mol. The molecule has 0 spiro atoms. The zero-order chi connectivity index (χ0) is 21.8. The second-order valence-corrected chi connectivity index (χ2v) is 5.23. The maximum atomic E-state index is 11.1. The Bertz CT molecular complexity index is 899. The molecule has 28 heavy (non-hydrogen) atoms. The Hall–Kier alpha value is -4.34. The summed E-state index contributed by atoms with van der Waals surface area (Å²) in [5.74, 6) is -6.40. The van der Waals surface area contributed by atoms with Crippen LogP contribution in [0.1, 0.15) is 15.9 Å². The number of benzene rings is 1. The Balaban J connectivity index is 0.000000280. The van der Waals surface area contributed by atoms with Crippen molar-refractivity contribution in [1.29, 1.82) is 0 Å². The number of aromatic carboxylic acids is 1. The summed E-state index contributed by atoms with van der Waals surface area (Å²) in [6.45, 7) is 6.21. The molecule has 1 aliphatic rings. The number of aliphatic carboxylic acids is 1. The predicted octanol–water partition coefficient (Wildman–Crippen LogP) is 1.47. The van der Waals surface area contributed by atoms with Crippen molar-refractivity contribution in [2.24, 2.45) is 0 Å². The molecule has 1 aromatic carbocycles. The van der Waals surface area contributed by atoms with E-state index in [1.165, 1.54) is 0 Å². The highest BCUT2D eigenvalue weighted by atomic mass is 16.4. The van der Waals surface area contributed by atoms with Crippen LogP contribution in [-0.4, -0.2) is 54.1 Å². The largest absolute Gasteiger partial charge is 0.508 e. The first-order valence-corrected chi connectivity index (χ1v) is 7.17. The van der Waals surface area contributed by atoms with E-state index in [0.29, 0.717) is 6.08 Å². The maximum Gasteiger partial charge on any atom is 0.339 e. The lowest BCUT2D eigenvalue weighted by atomic mass is 9.96. The van der Waals surface area contributed by atoms with Gasteiger partial charge < -0.3 is 30.6 Å². The summed E-state index contributed by atoms with van der Waals surface area (Å²) in [7, 11) is 0. The third kappa shape index (κ3) is 4.85. The maximum absolute atomic E-state index is 11.1. The minimum Gasteiger partial charge on any atom is -0.508 e. The van der Waals surface area contributed by atoms with Crippen LogP contribution < -0.4 is 0 Å². The summed E-state index contributed by atoms with van der Waals surface area (Å²) in [5, 5.41) is 53.3.